The van der Waals surface area contributed by atoms with Gasteiger partial charge in [-0.25, -0.2) is 23.8 Å². The minimum absolute atomic E-state index is 0.0405. The number of rotatable bonds is 8. The van der Waals surface area contributed by atoms with E-state index < -0.39 is 51.6 Å². The first-order valence-corrected chi connectivity index (χ1v) is 12.0. The lowest BCUT2D eigenvalue weighted by Crippen LogP contribution is -2.28. The summed E-state index contributed by atoms with van der Waals surface area (Å²) in [5, 5.41) is 7.57. The van der Waals surface area contributed by atoms with Crippen molar-refractivity contribution in [3.63, 3.8) is 0 Å². The fourth-order valence-corrected chi connectivity index (χ4v) is 4.21. The molecule has 4 N–H and O–H groups in total. The molecule has 0 spiro atoms. The number of aromatic nitrogens is 5. The number of hydrogen-bond acceptors (Lipinski definition) is 7. The first kappa shape index (κ1) is 28.0. The van der Waals surface area contributed by atoms with Gasteiger partial charge in [0.2, 0.25) is 0 Å². The van der Waals surface area contributed by atoms with Crippen molar-refractivity contribution in [3.05, 3.63) is 73.7 Å². The van der Waals surface area contributed by atoms with E-state index in [1.807, 2.05) is 0 Å². The zero-order valence-corrected chi connectivity index (χ0v) is 21.0. The number of anilines is 2. The molecule has 15 heteroatoms. The van der Waals surface area contributed by atoms with Crippen molar-refractivity contribution in [3.8, 4) is 11.4 Å². The Kier molecular flexibility index (Phi) is 7.86. The van der Waals surface area contributed by atoms with Crippen LogP contribution in [0, 0.1) is 11.6 Å². The second kappa shape index (κ2) is 11.0. The van der Waals surface area contributed by atoms with Crippen LogP contribution in [-0.4, -0.2) is 30.8 Å². The van der Waals surface area contributed by atoms with Crippen molar-refractivity contribution in [2.24, 2.45) is 0 Å². The van der Waals surface area contributed by atoms with E-state index in [9.17, 15) is 27.2 Å². The zero-order chi connectivity index (χ0) is 28.5. The monoisotopic (exact) mass is 569 g/mol. The molecule has 0 saturated heterocycles. The largest absolute Gasteiger partial charge is 0.423 e. The summed E-state index contributed by atoms with van der Waals surface area (Å²) >= 11 is 5.79. The number of aromatic amines is 1. The van der Waals surface area contributed by atoms with Crippen LogP contribution in [0.1, 0.15) is 31.7 Å². The van der Waals surface area contributed by atoms with Crippen molar-refractivity contribution < 1.29 is 22.0 Å². The predicted molar refractivity (Wildman–Crippen MR) is 135 cm³/mol. The summed E-state index contributed by atoms with van der Waals surface area (Å²) in [5.41, 5.74) is 1.34. The van der Waals surface area contributed by atoms with Crippen molar-refractivity contribution >= 4 is 33.9 Å². The molecule has 0 radical (unpaired) electrons. The highest BCUT2D eigenvalue weighted by Gasteiger charge is 2.37. The van der Waals surface area contributed by atoms with Gasteiger partial charge in [0.05, 0.1) is 29.0 Å². The maximum atomic E-state index is 15.0. The van der Waals surface area contributed by atoms with Crippen LogP contribution in [0.4, 0.5) is 33.5 Å². The molecule has 4 rings (SSSR count). The van der Waals surface area contributed by atoms with Crippen LogP contribution in [0.25, 0.3) is 22.2 Å². The number of aryl methyl sites for hydroxylation is 1. The highest BCUT2D eigenvalue weighted by molar-refractivity contribution is 6.32. The van der Waals surface area contributed by atoms with E-state index in [1.54, 1.807) is 12.0 Å². The lowest BCUT2D eigenvalue weighted by atomic mass is 10.1. The van der Waals surface area contributed by atoms with Gasteiger partial charge in [-0.2, -0.15) is 18.3 Å². The van der Waals surface area contributed by atoms with Gasteiger partial charge in [0, 0.05) is 18.8 Å². The molecule has 0 fully saturated rings. The van der Waals surface area contributed by atoms with E-state index in [1.165, 1.54) is 22.9 Å². The number of alkyl halides is 3. The molecular weight excluding hydrogens is 549 g/mol. The lowest BCUT2D eigenvalue weighted by Gasteiger charge is -2.20. The van der Waals surface area contributed by atoms with Crippen molar-refractivity contribution in [2.75, 3.05) is 11.1 Å². The molecule has 3 aromatic heterocycles. The topological polar surface area (TPSA) is 132 Å². The Labute approximate surface area is 221 Å². The summed E-state index contributed by atoms with van der Waals surface area (Å²) in [6.07, 6.45) is -0.453. The van der Waals surface area contributed by atoms with Crippen LogP contribution in [0.2, 0.25) is 5.02 Å². The molecule has 3 heterocycles. The van der Waals surface area contributed by atoms with Crippen LogP contribution >= 0.6 is 11.6 Å². The molecule has 39 heavy (non-hydrogen) atoms. The first-order valence-electron chi connectivity index (χ1n) is 11.6. The summed E-state index contributed by atoms with van der Waals surface area (Å²) in [6, 6.07) is 2.16. The van der Waals surface area contributed by atoms with Gasteiger partial charge >= 0.3 is 6.18 Å². The zero-order valence-electron chi connectivity index (χ0n) is 20.2. The molecule has 1 atom stereocenters. The van der Waals surface area contributed by atoms with Gasteiger partial charge in [-0.05, 0) is 36.8 Å². The van der Waals surface area contributed by atoms with Crippen LogP contribution < -0.4 is 22.2 Å². The summed E-state index contributed by atoms with van der Waals surface area (Å²) in [7, 11) is 0. The third-order valence-electron chi connectivity index (χ3n) is 6.10. The van der Waals surface area contributed by atoms with Gasteiger partial charge < -0.3 is 15.6 Å². The predicted octanol–water partition coefficient (Wildman–Crippen LogP) is 4.75. The standard InChI is InChI=1S/C24H21ClF5N7O2/c1-2-12(34-15-10-33-36-22(38)17(15)24(28,29)30)4-3-6-37-7-5-11-8-13(18(26)19(27)16(11)23(37)39)21-32-9-14(25)20(31)35-21/h5,7-10,12H,2-4,6H2,1H3,(H2,31,32,35)(H2,34,36,38). The van der Waals surface area contributed by atoms with E-state index in [4.69, 9.17) is 17.3 Å². The van der Waals surface area contributed by atoms with E-state index in [2.05, 4.69) is 20.4 Å². The van der Waals surface area contributed by atoms with Gasteiger partial charge in [0.1, 0.15) is 16.4 Å². The highest BCUT2D eigenvalue weighted by atomic mass is 35.5. The van der Waals surface area contributed by atoms with E-state index in [0.29, 0.717) is 19.3 Å². The number of halogens is 6. The lowest BCUT2D eigenvalue weighted by molar-refractivity contribution is -0.138. The second-order valence-corrected chi connectivity index (χ2v) is 9.04. The Hall–Kier alpha value is -4.07. The number of nitrogens with two attached hydrogens (primary N) is 1. The summed E-state index contributed by atoms with van der Waals surface area (Å²) < 4.78 is 71.1. The first-order chi connectivity index (χ1) is 18.4. The van der Waals surface area contributed by atoms with Crippen molar-refractivity contribution in [2.45, 2.75) is 44.9 Å². The number of pyridine rings is 1. The Morgan fingerprint density at radius 3 is 2.62 bits per heavy atom. The van der Waals surface area contributed by atoms with Gasteiger partial charge in [-0.1, -0.05) is 18.5 Å². The van der Waals surface area contributed by atoms with Crippen LogP contribution in [-0.2, 0) is 12.7 Å². The summed E-state index contributed by atoms with van der Waals surface area (Å²) in [6.45, 7) is 1.81. The molecule has 9 nitrogen and oxygen atoms in total. The summed E-state index contributed by atoms with van der Waals surface area (Å²) in [5.74, 6) is -3.04. The molecule has 4 aromatic rings. The van der Waals surface area contributed by atoms with Crippen molar-refractivity contribution in [1.82, 2.24) is 24.7 Å². The molecule has 1 aromatic carbocycles. The van der Waals surface area contributed by atoms with Gasteiger partial charge in [-0.3, -0.25) is 9.59 Å². The highest BCUT2D eigenvalue weighted by Crippen LogP contribution is 2.32. The van der Waals surface area contributed by atoms with Crippen molar-refractivity contribution in [1.29, 1.82) is 0 Å². The Bertz CT molecular complexity index is 1660. The van der Waals surface area contributed by atoms with E-state index in [-0.39, 0.29) is 34.2 Å². The number of H-pyrrole nitrogens is 1. The Morgan fingerprint density at radius 1 is 1.21 bits per heavy atom. The fraction of sp³-hybridized carbons (Fsp3) is 0.292. The average Bonchev–Trinajstić information content (AvgIpc) is 2.87. The SMILES string of the molecule is CCC(CCCn1ccc2cc(-c3ncc(Cl)c(N)n3)c(F)c(F)c2c1=O)Nc1cn[nH]c(=O)c1C(F)(F)F. The van der Waals surface area contributed by atoms with E-state index in [0.717, 1.165) is 12.4 Å². The third kappa shape index (κ3) is 5.70. The number of fused-ring (bicyclic) bond motifs is 1. The molecule has 0 aliphatic heterocycles. The number of nitrogens with zero attached hydrogens (tertiary/aromatic N) is 4. The number of hydrogen-bond donors (Lipinski definition) is 3. The maximum Gasteiger partial charge on any atom is 0.423 e. The normalized spacial score (nSPS) is 12.6. The third-order valence-corrected chi connectivity index (χ3v) is 6.39. The number of nitrogen functional groups attached to an aromatic ring is 1. The minimum atomic E-state index is -4.89. The quantitative estimate of drug-likeness (QED) is 0.261. The van der Waals surface area contributed by atoms with Crippen LogP contribution in [0.15, 0.2) is 40.3 Å². The molecule has 0 bridgehead atoms. The second-order valence-electron chi connectivity index (χ2n) is 8.63. The molecule has 1 unspecified atom stereocenters. The maximum absolute atomic E-state index is 15.0. The van der Waals surface area contributed by atoms with Crippen LogP contribution in [0.5, 0.6) is 0 Å². The molecule has 0 aliphatic carbocycles. The molecule has 0 aliphatic rings. The summed E-state index contributed by atoms with van der Waals surface area (Å²) in [4.78, 5) is 32.4. The molecular formula is C24H21ClF5N7O2. The minimum Gasteiger partial charge on any atom is -0.382 e. The number of nitrogens with one attached hydrogen (secondary N) is 2. The molecule has 0 amide bonds. The number of benzene rings is 1. The van der Waals surface area contributed by atoms with Gasteiger partial charge in [-0.15, -0.1) is 0 Å². The Balaban J connectivity index is 1.55. The molecule has 206 valence electrons. The molecule has 0 saturated carbocycles. The fourth-order valence-electron chi connectivity index (χ4n) is 4.12. The van der Waals surface area contributed by atoms with E-state index >= 15 is 4.39 Å². The smallest absolute Gasteiger partial charge is 0.382 e. The van der Waals surface area contributed by atoms with Gasteiger partial charge in [0.25, 0.3) is 11.1 Å². The van der Waals surface area contributed by atoms with Gasteiger partial charge in [0.15, 0.2) is 17.5 Å². The van der Waals surface area contributed by atoms with Crippen LogP contribution in [0.3, 0.4) is 0 Å². The Morgan fingerprint density at radius 2 is 1.95 bits per heavy atom. The average molecular weight is 570 g/mol.